The minimum absolute atomic E-state index is 0. The molecule has 0 fully saturated rings. The topological polar surface area (TPSA) is 101 Å². The Labute approximate surface area is 114 Å². The van der Waals surface area contributed by atoms with Crippen molar-refractivity contribution in [3.8, 4) is 5.75 Å². The number of anilines is 2. The summed E-state index contributed by atoms with van der Waals surface area (Å²) in [4.78, 5) is 10.7. The van der Waals surface area contributed by atoms with Gasteiger partial charge in [0.15, 0.2) is 5.75 Å². The number of aromatic carboxylic acids is 1. The van der Waals surface area contributed by atoms with Crippen LogP contribution >= 0.6 is 11.6 Å². The normalized spacial score (nSPS) is 9.20. The first-order chi connectivity index (χ1) is 6.49. The standard InChI is InChI=1S/C8H9ClN2O3.Na/c1-14-7-3(8(12)13)2-4(9)5(10)6(7)11;/h2H,10-11H2,1H3,(H,12,13);/q;+1/p-1. The molecule has 0 amide bonds. The van der Waals surface area contributed by atoms with E-state index in [0.717, 1.165) is 6.07 Å². The monoisotopic (exact) mass is 238 g/mol. The summed E-state index contributed by atoms with van der Waals surface area (Å²) in [6.45, 7) is 0. The van der Waals surface area contributed by atoms with Crippen LogP contribution in [0.5, 0.6) is 5.75 Å². The van der Waals surface area contributed by atoms with Gasteiger partial charge in [-0.05, 0) is 6.07 Å². The molecule has 7 heteroatoms. The molecular formula is C8H8ClN2NaO3. The van der Waals surface area contributed by atoms with Crippen molar-refractivity contribution in [2.24, 2.45) is 0 Å². The fourth-order valence-corrected chi connectivity index (χ4v) is 1.25. The van der Waals surface area contributed by atoms with Gasteiger partial charge in [0.1, 0.15) is 0 Å². The van der Waals surface area contributed by atoms with Gasteiger partial charge in [-0.3, -0.25) is 0 Å². The largest absolute Gasteiger partial charge is 1.00 e. The van der Waals surface area contributed by atoms with Crippen LogP contribution in [0.1, 0.15) is 10.4 Å². The van der Waals surface area contributed by atoms with Gasteiger partial charge in [-0.2, -0.15) is 0 Å². The Balaban J connectivity index is 0.00000196. The molecule has 0 saturated carbocycles. The SMILES string of the molecule is COc1c(C(=O)[O-])cc(Cl)c(N)c1N.[Na+]. The van der Waals surface area contributed by atoms with Crippen LogP contribution in [0.3, 0.4) is 0 Å². The maximum Gasteiger partial charge on any atom is 1.00 e. The zero-order chi connectivity index (χ0) is 10.9. The van der Waals surface area contributed by atoms with E-state index in [1.165, 1.54) is 7.11 Å². The van der Waals surface area contributed by atoms with Crippen LogP contribution in [0.25, 0.3) is 0 Å². The number of ether oxygens (including phenoxy) is 1. The third-order valence-corrected chi connectivity index (χ3v) is 2.04. The zero-order valence-electron chi connectivity index (χ0n) is 8.33. The van der Waals surface area contributed by atoms with Gasteiger partial charge >= 0.3 is 29.6 Å². The second-order valence-electron chi connectivity index (χ2n) is 2.55. The van der Waals surface area contributed by atoms with Crippen LogP contribution in [-0.2, 0) is 0 Å². The number of halogens is 1. The molecule has 1 aromatic carbocycles. The van der Waals surface area contributed by atoms with Gasteiger partial charge in [0.05, 0.1) is 29.5 Å². The maximum atomic E-state index is 10.7. The molecule has 0 aromatic heterocycles. The molecule has 0 atom stereocenters. The van der Waals surface area contributed by atoms with Crippen molar-refractivity contribution < 1.29 is 44.2 Å². The first kappa shape index (κ1) is 14.4. The van der Waals surface area contributed by atoms with E-state index in [1.54, 1.807) is 0 Å². The summed E-state index contributed by atoms with van der Waals surface area (Å²) in [7, 11) is 1.28. The summed E-state index contributed by atoms with van der Waals surface area (Å²) in [6, 6.07) is 1.14. The minimum atomic E-state index is -1.42. The molecule has 0 unspecified atom stereocenters. The molecular weight excluding hydrogens is 231 g/mol. The smallest absolute Gasteiger partial charge is 0.545 e. The number of carbonyl (C=O) groups excluding carboxylic acids is 1. The van der Waals surface area contributed by atoms with Crippen molar-refractivity contribution in [3.63, 3.8) is 0 Å². The fraction of sp³-hybridized carbons (Fsp3) is 0.125. The van der Waals surface area contributed by atoms with Crippen LogP contribution < -0.4 is 50.9 Å². The van der Waals surface area contributed by atoms with E-state index < -0.39 is 5.97 Å². The van der Waals surface area contributed by atoms with E-state index in [-0.39, 0.29) is 57.3 Å². The molecule has 4 N–H and O–H groups in total. The van der Waals surface area contributed by atoms with E-state index in [9.17, 15) is 9.90 Å². The van der Waals surface area contributed by atoms with Gasteiger partial charge in [0.2, 0.25) is 0 Å². The Morgan fingerprint density at radius 3 is 2.40 bits per heavy atom. The number of carboxylic acids is 1. The third kappa shape index (κ3) is 2.69. The van der Waals surface area contributed by atoms with Gasteiger partial charge in [-0.25, -0.2) is 0 Å². The second kappa shape index (κ2) is 5.46. The molecule has 1 aromatic rings. The molecule has 76 valence electrons. The Bertz CT molecular complexity index is 398. The average molecular weight is 239 g/mol. The molecule has 0 aliphatic carbocycles. The molecule has 0 radical (unpaired) electrons. The Morgan fingerprint density at radius 2 is 2.00 bits per heavy atom. The molecule has 15 heavy (non-hydrogen) atoms. The predicted molar refractivity (Wildman–Crippen MR) is 51.2 cm³/mol. The average Bonchev–Trinajstić information content (AvgIpc) is 2.13. The van der Waals surface area contributed by atoms with Gasteiger partial charge < -0.3 is 26.1 Å². The van der Waals surface area contributed by atoms with E-state index in [0.29, 0.717) is 0 Å². The Kier molecular flexibility index (Phi) is 5.23. The second-order valence-corrected chi connectivity index (χ2v) is 2.96. The Hall–Kier alpha value is -0.620. The predicted octanol–water partition coefficient (Wildman–Crippen LogP) is -3.12. The van der Waals surface area contributed by atoms with Crippen molar-refractivity contribution in [1.29, 1.82) is 0 Å². The molecule has 0 aliphatic heterocycles. The number of rotatable bonds is 2. The zero-order valence-corrected chi connectivity index (χ0v) is 11.1. The Morgan fingerprint density at radius 1 is 1.47 bits per heavy atom. The molecule has 0 saturated heterocycles. The summed E-state index contributed by atoms with van der Waals surface area (Å²) in [5.74, 6) is -1.46. The number of hydrogen-bond donors (Lipinski definition) is 2. The first-order valence-corrected chi connectivity index (χ1v) is 3.99. The van der Waals surface area contributed by atoms with Crippen molar-refractivity contribution in [2.75, 3.05) is 18.6 Å². The number of nitrogens with two attached hydrogens (primary N) is 2. The summed E-state index contributed by atoms with van der Waals surface area (Å²) < 4.78 is 4.79. The summed E-state index contributed by atoms with van der Waals surface area (Å²) in [6.07, 6.45) is 0. The molecule has 0 heterocycles. The van der Waals surface area contributed by atoms with Crippen LogP contribution in [0.15, 0.2) is 6.07 Å². The van der Waals surface area contributed by atoms with Crippen LogP contribution in [0.2, 0.25) is 5.02 Å². The summed E-state index contributed by atoms with van der Waals surface area (Å²) in [5.41, 5.74) is 10.9. The number of methoxy groups -OCH3 is 1. The van der Waals surface area contributed by atoms with Crippen LogP contribution in [0, 0.1) is 0 Å². The van der Waals surface area contributed by atoms with Crippen molar-refractivity contribution >= 4 is 28.9 Å². The van der Waals surface area contributed by atoms with E-state index in [4.69, 9.17) is 27.8 Å². The fourth-order valence-electron chi connectivity index (χ4n) is 1.04. The molecule has 0 bridgehead atoms. The molecule has 1 rings (SSSR count). The number of benzene rings is 1. The van der Waals surface area contributed by atoms with Gasteiger partial charge in [0.25, 0.3) is 0 Å². The molecule has 0 aliphatic rings. The number of carboxylic acid groups (broad SMARTS) is 1. The van der Waals surface area contributed by atoms with E-state index in [2.05, 4.69) is 0 Å². The van der Waals surface area contributed by atoms with Crippen LogP contribution in [-0.4, -0.2) is 13.1 Å². The number of carbonyl (C=O) groups is 1. The summed E-state index contributed by atoms with van der Waals surface area (Å²) in [5, 5.41) is 10.7. The van der Waals surface area contributed by atoms with Crippen molar-refractivity contribution in [3.05, 3.63) is 16.7 Å². The van der Waals surface area contributed by atoms with Gasteiger partial charge in [0, 0.05) is 5.56 Å². The maximum absolute atomic E-state index is 10.7. The van der Waals surface area contributed by atoms with E-state index in [1.807, 2.05) is 0 Å². The van der Waals surface area contributed by atoms with Gasteiger partial charge in [-0.1, -0.05) is 11.6 Å². The number of hydrogen-bond acceptors (Lipinski definition) is 5. The van der Waals surface area contributed by atoms with Crippen molar-refractivity contribution in [1.82, 2.24) is 0 Å². The molecule has 5 nitrogen and oxygen atoms in total. The van der Waals surface area contributed by atoms with E-state index >= 15 is 0 Å². The summed E-state index contributed by atoms with van der Waals surface area (Å²) >= 11 is 5.64. The first-order valence-electron chi connectivity index (χ1n) is 3.61. The minimum Gasteiger partial charge on any atom is -0.545 e. The quantitative estimate of drug-likeness (QED) is 0.419. The van der Waals surface area contributed by atoms with Gasteiger partial charge in [-0.15, -0.1) is 0 Å². The number of nitrogen functional groups attached to an aromatic ring is 2. The van der Waals surface area contributed by atoms with Crippen LogP contribution in [0.4, 0.5) is 11.4 Å². The third-order valence-electron chi connectivity index (χ3n) is 1.73. The van der Waals surface area contributed by atoms with Crippen molar-refractivity contribution in [2.45, 2.75) is 0 Å². The molecule has 0 spiro atoms.